The first-order valence-corrected chi connectivity index (χ1v) is 6.06. The quantitative estimate of drug-likeness (QED) is 0.822. The van der Waals surface area contributed by atoms with Crippen LogP contribution >= 0.6 is 0 Å². The molecule has 5 heteroatoms. The third kappa shape index (κ3) is 2.72. The Kier molecular flexibility index (Phi) is 3.77. The van der Waals surface area contributed by atoms with Crippen molar-refractivity contribution >= 4 is 5.95 Å². The number of aromatic nitrogens is 2. The van der Waals surface area contributed by atoms with E-state index >= 15 is 0 Å². The van der Waals surface area contributed by atoms with E-state index in [1.54, 1.807) is 0 Å². The Balaban J connectivity index is 1.82. The summed E-state index contributed by atoms with van der Waals surface area (Å²) in [6.45, 7) is 3.64. The van der Waals surface area contributed by atoms with Crippen LogP contribution in [0.1, 0.15) is 38.5 Å². The van der Waals surface area contributed by atoms with Gasteiger partial charge in [-0.1, -0.05) is 12.8 Å². The molecule has 0 unspecified atom stereocenters. The minimum absolute atomic E-state index is 0.638. The summed E-state index contributed by atoms with van der Waals surface area (Å²) in [6.07, 6.45) is 5.22. The monoisotopic (exact) mass is 224 g/mol. The number of nitrogens with one attached hydrogen (secondary N) is 1. The summed E-state index contributed by atoms with van der Waals surface area (Å²) in [6, 6.07) is 0.638. The molecule has 2 rings (SSSR count). The van der Waals surface area contributed by atoms with E-state index in [-0.39, 0.29) is 0 Å². The van der Waals surface area contributed by atoms with E-state index in [9.17, 15) is 0 Å². The third-order valence-electron chi connectivity index (χ3n) is 3.17. The maximum absolute atomic E-state index is 5.18. The molecule has 16 heavy (non-hydrogen) atoms. The molecule has 0 spiro atoms. The number of hydrogen-bond acceptors (Lipinski definition) is 5. The highest BCUT2D eigenvalue weighted by atomic mass is 16.5. The predicted molar refractivity (Wildman–Crippen MR) is 62.3 cm³/mol. The molecule has 1 N–H and O–H groups in total. The van der Waals surface area contributed by atoms with Gasteiger partial charge in [0.1, 0.15) is 0 Å². The second kappa shape index (κ2) is 5.30. The van der Waals surface area contributed by atoms with Crippen LogP contribution < -0.4 is 10.2 Å². The fraction of sp³-hybridized carbons (Fsp3) is 0.818. The van der Waals surface area contributed by atoms with Gasteiger partial charge in [0, 0.05) is 19.6 Å². The van der Waals surface area contributed by atoms with E-state index in [0.29, 0.717) is 24.4 Å². The summed E-state index contributed by atoms with van der Waals surface area (Å²) in [4.78, 5) is 6.29. The zero-order valence-corrected chi connectivity index (χ0v) is 10.1. The molecule has 0 aromatic carbocycles. The van der Waals surface area contributed by atoms with Gasteiger partial charge < -0.3 is 14.7 Å². The van der Waals surface area contributed by atoms with Crippen LogP contribution in [0.3, 0.4) is 0 Å². The lowest BCUT2D eigenvalue weighted by Crippen LogP contribution is -2.25. The molecule has 0 aliphatic heterocycles. The topological polar surface area (TPSA) is 54.2 Å². The summed E-state index contributed by atoms with van der Waals surface area (Å²) in [7, 11) is 1.96. The van der Waals surface area contributed by atoms with Crippen LogP contribution in [0.25, 0.3) is 0 Å². The molecule has 1 aliphatic carbocycles. The van der Waals surface area contributed by atoms with Gasteiger partial charge in [-0.15, -0.1) is 0 Å². The average Bonchev–Trinajstić information content (AvgIpc) is 2.96. The maximum Gasteiger partial charge on any atom is 0.265 e. The molecule has 1 saturated carbocycles. The van der Waals surface area contributed by atoms with Gasteiger partial charge >= 0.3 is 0 Å². The Morgan fingerprint density at radius 3 is 2.88 bits per heavy atom. The minimum atomic E-state index is 0.638. The van der Waals surface area contributed by atoms with E-state index in [2.05, 4.69) is 22.4 Å². The lowest BCUT2D eigenvalue weighted by atomic mass is 10.2. The maximum atomic E-state index is 5.18. The van der Waals surface area contributed by atoms with Crippen LogP contribution in [0, 0.1) is 0 Å². The van der Waals surface area contributed by atoms with Crippen molar-refractivity contribution < 1.29 is 4.52 Å². The van der Waals surface area contributed by atoms with Crippen molar-refractivity contribution in [2.45, 2.75) is 45.2 Å². The van der Waals surface area contributed by atoms with Crippen molar-refractivity contribution in [3.63, 3.8) is 0 Å². The van der Waals surface area contributed by atoms with E-state index in [0.717, 1.165) is 6.54 Å². The second-order valence-electron chi connectivity index (χ2n) is 4.36. The smallest absolute Gasteiger partial charge is 0.265 e. The van der Waals surface area contributed by atoms with Gasteiger partial charge in [-0.2, -0.15) is 4.98 Å². The van der Waals surface area contributed by atoms with Gasteiger partial charge in [0.25, 0.3) is 5.95 Å². The number of nitrogens with zero attached hydrogens (tertiary/aromatic N) is 3. The Bertz CT molecular complexity index is 320. The van der Waals surface area contributed by atoms with Gasteiger partial charge in [-0.3, -0.25) is 0 Å². The molecule has 0 saturated heterocycles. The lowest BCUT2D eigenvalue weighted by molar-refractivity contribution is 0.356. The zero-order chi connectivity index (χ0) is 11.4. The summed E-state index contributed by atoms with van der Waals surface area (Å²) in [5.74, 6) is 1.35. The first-order chi connectivity index (χ1) is 7.79. The fourth-order valence-electron chi connectivity index (χ4n) is 1.98. The highest BCUT2D eigenvalue weighted by molar-refractivity contribution is 5.24. The van der Waals surface area contributed by atoms with E-state index in [4.69, 9.17) is 4.52 Å². The van der Waals surface area contributed by atoms with E-state index in [1.807, 2.05) is 11.9 Å². The largest absolute Gasteiger partial charge is 0.342 e. The molecule has 1 aromatic heterocycles. The van der Waals surface area contributed by atoms with Crippen molar-refractivity contribution in [1.29, 1.82) is 0 Å². The molecule has 5 nitrogen and oxygen atoms in total. The first-order valence-electron chi connectivity index (χ1n) is 6.06. The Morgan fingerprint density at radius 2 is 2.19 bits per heavy atom. The Hall–Kier alpha value is -1.10. The normalized spacial score (nSPS) is 16.9. The molecule has 0 radical (unpaired) electrons. The second-order valence-corrected chi connectivity index (χ2v) is 4.36. The molecule has 1 heterocycles. The number of anilines is 1. The van der Waals surface area contributed by atoms with Gasteiger partial charge in [-0.25, -0.2) is 0 Å². The molecule has 1 aliphatic rings. The van der Waals surface area contributed by atoms with Crippen LogP contribution in [-0.4, -0.2) is 29.8 Å². The summed E-state index contributed by atoms with van der Waals surface area (Å²) in [5.41, 5.74) is 0. The Morgan fingerprint density at radius 1 is 1.44 bits per heavy atom. The molecular formula is C11H20N4O. The van der Waals surface area contributed by atoms with E-state index < -0.39 is 0 Å². The van der Waals surface area contributed by atoms with Crippen molar-refractivity contribution in [2.24, 2.45) is 0 Å². The fourth-order valence-corrected chi connectivity index (χ4v) is 1.98. The Labute approximate surface area is 96.2 Å². The van der Waals surface area contributed by atoms with Gasteiger partial charge in [0.15, 0.2) is 0 Å². The third-order valence-corrected chi connectivity index (χ3v) is 3.17. The number of rotatable bonds is 5. The van der Waals surface area contributed by atoms with Crippen LogP contribution in [0.4, 0.5) is 5.95 Å². The lowest BCUT2D eigenvalue weighted by Gasteiger charge is -2.09. The molecule has 1 aromatic rings. The van der Waals surface area contributed by atoms with Crippen molar-refractivity contribution in [3.8, 4) is 0 Å². The summed E-state index contributed by atoms with van der Waals surface area (Å²) >= 11 is 0. The molecule has 1 fully saturated rings. The summed E-state index contributed by atoms with van der Waals surface area (Å²) < 4.78 is 5.18. The van der Waals surface area contributed by atoms with Crippen LogP contribution in [0.15, 0.2) is 4.52 Å². The SMILES string of the molecule is CCN(C)c1noc(CNC2CCCC2)n1. The van der Waals surface area contributed by atoms with Crippen molar-refractivity contribution in [1.82, 2.24) is 15.5 Å². The first kappa shape index (κ1) is 11.4. The highest BCUT2D eigenvalue weighted by Crippen LogP contribution is 2.18. The number of hydrogen-bond donors (Lipinski definition) is 1. The highest BCUT2D eigenvalue weighted by Gasteiger charge is 2.16. The zero-order valence-electron chi connectivity index (χ0n) is 10.1. The van der Waals surface area contributed by atoms with Crippen molar-refractivity contribution in [3.05, 3.63) is 5.89 Å². The molecule has 0 bridgehead atoms. The molecule has 90 valence electrons. The van der Waals surface area contributed by atoms with Gasteiger partial charge in [-0.05, 0) is 24.9 Å². The molecular weight excluding hydrogens is 204 g/mol. The van der Waals surface area contributed by atoms with Crippen LogP contribution in [0.5, 0.6) is 0 Å². The standard InChI is InChI=1S/C11H20N4O/c1-3-15(2)11-13-10(16-14-11)8-12-9-6-4-5-7-9/h9,12H,3-8H2,1-2H3. The van der Waals surface area contributed by atoms with Gasteiger partial charge in [0.05, 0.1) is 6.54 Å². The van der Waals surface area contributed by atoms with Crippen molar-refractivity contribution in [2.75, 3.05) is 18.5 Å². The molecule has 0 amide bonds. The average molecular weight is 224 g/mol. The van der Waals surface area contributed by atoms with Crippen LogP contribution in [-0.2, 0) is 6.54 Å². The van der Waals surface area contributed by atoms with E-state index in [1.165, 1.54) is 25.7 Å². The minimum Gasteiger partial charge on any atom is -0.342 e. The predicted octanol–water partition coefficient (Wildman–Crippen LogP) is 1.56. The summed E-state index contributed by atoms with van der Waals surface area (Å²) in [5, 5.41) is 7.39. The molecule has 0 atom stereocenters. The van der Waals surface area contributed by atoms with Gasteiger partial charge in [0.2, 0.25) is 5.89 Å². The van der Waals surface area contributed by atoms with Crippen LogP contribution in [0.2, 0.25) is 0 Å².